The summed E-state index contributed by atoms with van der Waals surface area (Å²) in [6.45, 7) is 4.18. The van der Waals surface area contributed by atoms with Crippen molar-refractivity contribution < 1.29 is 12.8 Å². The number of benzene rings is 1. The van der Waals surface area contributed by atoms with Gasteiger partial charge in [-0.2, -0.15) is 4.31 Å². The normalized spacial score (nSPS) is 12.0. The molecule has 0 amide bonds. The number of halogens is 2. The average molecular weight is 362 g/mol. The van der Waals surface area contributed by atoms with E-state index in [-0.39, 0.29) is 11.6 Å². The number of aryl methyl sites for hydroxylation is 1. The van der Waals surface area contributed by atoms with Gasteiger partial charge in [-0.3, -0.25) is 0 Å². The van der Waals surface area contributed by atoms with E-state index in [1.54, 1.807) is 19.9 Å². The Bertz CT molecular complexity index is 759. The lowest BCUT2D eigenvalue weighted by Gasteiger charge is -2.20. The van der Waals surface area contributed by atoms with Gasteiger partial charge in [-0.25, -0.2) is 12.8 Å². The highest BCUT2D eigenvalue weighted by atomic mass is 35.5. The molecule has 120 valence electrons. The lowest BCUT2D eigenvalue weighted by atomic mass is 10.1. The fourth-order valence-electron chi connectivity index (χ4n) is 2.13. The van der Waals surface area contributed by atoms with Gasteiger partial charge in [-0.1, -0.05) is 24.6 Å². The Hall–Kier alpha value is -0.950. The highest BCUT2D eigenvalue weighted by Crippen LogP contribution is 2.24. The molecule has 0 bridgehead atoms. The molecule has 0 N–H and O–H groups in total. The Morgan fingerprint density at radius 1 is 1.27 bits per heavy atom. The summed E-state index contributed by atoms with van der Waals surface area (Å²) in [6.07, 6.45) is 0. The molecular formula is C15H17ClFNO2S2. The van der Waals surface area contributed by atoms with Gasteiger partial charge in [-0.15, -0.1) is 11.3 Å². The first-order valence-corrected chi connectivity index (χ1v) is 9.59. The van der Waals surface area contributed by atoms with Crippen molar-refractivity contribution in [3.05, 3.63) is 56.5 Å². The smallest absolute Gasteiger partial charge is 0.212 e. The molecule has 7 heteroatoms. The van der Waals surface area contributed by atoms with Gasteiger partial charge in [0.1, 0.15) is 5.82 Å². The highest BCUT2D eigenvalue weighted by molar-refractivity contribution is 7.88. The van der Waals surface area contributed by atoms with Crippen LogP contribution in [0.5, 0.6) is 0 Å². The molecule has 22 heavy (non-hydrogen) atoms. The monoisotopic (exact) mass is 361 g/mol. The van der Waals surface area contributed by atoms with Crippen molar-refractivity contribution in [1.29, 1.82) is 0 Å². The van der Waals surface area contributed by atoms with Crippen molar-refractivity contribution >= 4 is 33.0 Å². The molecule has 2 rings (SSSR count). The Morgan fingerprint density at radius 2 is 2.00 bits per heavy atom. The molecule has 3 nitrogen and oxygen atoms in total. The lowest BCUT2D eigenvalue weighted by Crippen LogP contribution is -2.31. The van der Waals surface area contributed by atoms with Crippen molar-refractivity contribution in [1.82, 2.24) is 4.31 Å². The molecule has 0 aliphatic heterocycles. The number of nitrogens with zero attached hydrogens (tertiary/aromatic N) is 1. The predicted molar refractivity (Wildman–Crippen MR) is 89.2 cm³/mol. The molecule has 1 aromatic heterocycles. The topological polar surface area (TPSA) is 37.4 Å². The minimum Gasteiger partial charge on any atom is -0.212 e. The molecule has 0 saturated heterocycles. The Balaban J connectivity index is 2.19. The van der Waals surface area contributed by atoms with Crippen LogP contribution in [-0.4, -0.2) is 19.3 Å². The Labute approximate surface area is 139 Å². The molecule has 0 aliphatic rings. The second-order valence-electron chi connectivity index (χ2n) is 4.96. The maximum atomic E-state index is 13.1. The van der Waals surface area contributed by atoms with Crippen LogP contribution >= 0.6 is 22.9 Å². The molecule has 0 unspecified atom stereocenters. The number of hydrogen-bond acceptors (Lipinski definition) is 3. The van der Waals surface area contributed by atoms with Gasteiger partial charge in [0.25, 0.3) is 0 Å². The Kier molecular flexibility index (Phi) is 5.60. The quantitative estimate of drug-likeness (QED) is 0.773. The SMILES string of the molecule is CCN(Cc1ccc(Cl)s1)S(=O)(=O)Cc1ccc(F)cc1C. The number of sulfonamides is 1. The molecule has 0 atom stereocenters. The van der Waals surface area contributed by atoms with Crippen molar-refractivity contribution in [2.75, 3.05) is 6.54 Å². The first kappa shape index (κ1) is 17.4. The largest absolute Gasteiger partial charge is 0.218 e. The van der Waals surface area contributed by atoms with Crippen molar-refractivity contribution in [3.8, 4) is 0 Å². The van der Waals surface area contributed by atoms with E-state index in [4.69, 9.17) is 11.6 Å². The summed E-state index contributed by atoms with van der Waals surface area (Å²) in [4.78, 5) is 0.895. The number of hydrogen-bond donors (Lipinski definition) is 0. The fraction of sp³-hybridized carbons (Fsp3) is 0.333. The second-order valence-corrected chi connectivity index (χ2v) is 8.73. The van der Waals surface area contributed by atoms with Gasteiger partial charge >= 0.3 is 0 Å². The van der Waals surface area contributed by atoms with E-state index < -0.39 is 10.0 Å². The van der Waals surface area contributed by atoms with Crippen LogP contribution in [0, 0.1) is 12.7 Å². The summed E-state index contributed by atoms with van der Waals surface area (Å²) in [7, 11) is -3.48. The zero-order chi connectivity index (χ0) is 16.3. The van der Waals surface area contributed by atoms with E-state index in [2.05, 4.69) is 0 Å². The van der Waals surface area contributed by atoms with Crippen molar-refractivity contribution in [3.63, 3.8) is 0 Å². The van der Waals surface area contributed by atoms with E-state index in [9.17, 15) is 12.8 Å². The zero-order valence-corrected chi connectivity index (χ0v) is 14.7. The van der Waals surface area contributed by atoms with Gasteiger partial charge in [0.2, 0.25) is 10.0 Å². The summed E-state index contributed by atoms with van der Waals surface area (Å²) in [5, 5.41) is 0. The molecular weight excluding hydrogens is 345 g/mol. The van der Waals surface area contributed by atoms with Gasteiger partial charge in [0.15, 0.2) is 0 Å². The van der Waals surface area contributed by atoms with Crippen LogP contribution in [0.25, 0.3) is 0 Å². The molecule has 0 saturated carbocycles. The van der Waals surface area contributed by atoms with Gasteiger partial charge in [0, 0.05) is 18.0 Å². The van der Waals surface area contributed by atoms with Crippen LogP contribution in [0.1, 0.15) is 22.9 Å². The average Bonchev–Trinajstić information content (AvgIpc) is 2.84. The molecule has 2 aromatic rings. The third-order valence-electron chi connectivity index (χ3n) is 3.35. The summed E-state index contributed by atoms with van der Waals surface area (Å²) in [5.41, 5.74) is 1.25. The van der Waals surface area contributed by atoms with Gasteiger partial charge in [-0.05, 0) is 42.3 Å². The van der Waals surface area contributed by atoms with Crippen LogP contribution < -0.4 is 0 Å². The highest BCUT2D eigenvalue weighted by Gasteiger charge is 2.22. The minimum atomic E-state index is -3.48. The second kappa shape index (κ2) is 7.08. The predicted octanol–water partition coefficient (Wildman–Crippen LogP) is 4.20. The van der Waals surface area contributed by atoms with Gasteiger partial charge < -0.3 is 0 Å². The van der Waals surface area contributed by atoms with E-state index in [1.807, 2.05) is 6.07 Å². The standard InChI is InChI=1S/C15H17ClFNO2S2/c1-3-18(9-14-6-7-15(16)21-14)22(19,20)10-12-4-5-13(17)8-11(12)2/h4-8H,3,9-10H2,1-2H3. The lowest BCUT2D eigenvalue weighted by molar-refractivity contribution is 0.425. The van der Waals surface area contributed by atoms with E-state index in [0.29, 0.717) is 28.6 Å². The van der Waals surface area contributed by atoms with Crippen LogP contribution in [0.4, 0.5) is 4.39 Å². The number of thiophene rings is 1. The van der Waals surface area contributed by atoms with Crippen LogP contribution in [-0.2, 0) is 22.3 Å². The first-order chi connectivity index (χ1) is 10.3. The van der Waals surface area contributed by atoms with Crippen molar-refractivity contribution in [2.24, 2.45) is 0 Å². The third-order valence-corrected chi connectivity index (χ3v) is 6.42. The van der Waals surface area contributed by atoms with Crippen LogP contribution in [0.15, 0.2) is 30.3 Å². The third kappa shape index (κ3) is 4.29. The number of rotatable bonds is 6. The molecule has 0 spiro atoms. The molecule has 0 aliphatic carbocycles. The first-order valence-electron chi connectivity index (χ1n) is 6.79. The van der Waals surface area contributed by atoms with Crippen LogP contribution in [0.3, 0.4) is 0 Å². The van der Waals surface area contributed by atoms with Crippen molar-refractivity contribution in [2.45, 2.75) is 26.1 Å². The minimum absolute atomic E-state index is 0.133. The molecule has 1 heterocycles. The maximum absolute atomic E-state index is 13.1. The zero-order valence-electron chi connectivity index (χ0n) is 12.3. The van der Waals surface area contributed by atoms with Crippen LogP contribution in [0.2, 0.25) is 4.34 Å². The van der Waals surface area contributed by atoms with Gasteiger partial charge in [0.05, 0.1) is 10.1 Å². The summed E-state index contributed by atoms with van der Waals surface area (Å²) >= 11 is 7.25. The van der Waals surface area contributed by atoms with E-state index >= 15 is 0 Å². The summed E-state index contributed by atoms with van der Waals surface area (Å²) < 4.78 is 40.3. The molecule has 1 aromatic carbocycles. The molecule has 0 radical (unpaired) electrons. The van der Waals surface area contributed by atoms with E-state index in [1.165, 1.54) is 33.8 Å². The van der Waals surface area contributed by atoms with E-state index in [0.717, 1.165) is 4.88 Å². The molecule has 0 fully saturated rings. The fourth-order valence-corrected chi connectivity index (χ4v) is 4.94. The maximum Gasteiger partial charge on any atom is 0.218 e. The summed E-state index contributed by atoms with van der Waals surface area (Å²) in [5.74, 6) is -0.495. The summed E-state index contributed by atoms with van der Waals surface area (Å²) in [6, 6.07) is 7.74. The Morgan fingerprint density at radius 3 is 2.55 bits per heavy atom.